The van der Waals surface area contributed by atoms with Crippen molar-refractivity contribution < 1.29 is 19.4 Å². The van der Waals surface area contributed by atoms with Crippen LogP contribution in [0.3, 0.4) is 0 Å². The molecule has 1 amide bonds. The van der Waals surface area contributed by atoms with Crippen LogP contribution in [0.25, 0.3) is 0 Å². The number of aromatic nitrogens is 2. The number of carbonyl (C=O) groups excluding carboxylic acids is 2. The number of rotatable bonds is 4. The van der Waals surface area contributed by atoms with Crippen LogP contribution in [0.15, 0.2) is 6.07 Å². The Hall–Kier alpha value is -1.89. The van der Waals surface area contributed by atoms with Gasteiger partial charge in [-0.3, -0.25) is 9.48 Å². The topological polar surface area (TPSA) is 84.7 Å². The maximum absolute atomic E-state index is 12.8. The lowest BCUT2D eigenvalue weighted by molar-refractivity contribution is -0.145. The summed E-state index contributed by atoms with van der Waals surface area (Å²) in [6, 6.07) is 1.02. The van der Waals surface area contributed by atoms with Gasteiger partial charge in [-0.1, -0.05) is 13.8 Å². The first-order chi connectivity index (χ1) is 10.4. The van der Waals surface area contributed by atoms with E-state index in [9.17, 15) is 14.7 Å². The minimum absolute atomic E-state index is 0.129. The number of aryl methyl sites for hydroxylation is 1. The number of β-amino-alcohol motifs (C(OH)–C–C–N with tert-alkyl or cyclic N) is 1. The fourth-order valence-corrected chi connectivity index (χ4v) is 2.68. The Bertz CT molecular complexity index is 567. The third kappa shape index (κ3) is 2.99. The predicted octanol–water partition coefficient (Wildman–Crippen LogP) is 0.775. The SMILES string of the molecule is CCn1nc(C(C)C)cc1C(=O)N1C[C@H](O)C[C@H]1C(=O)OC. The third-order valence-electron chi connectivity index (χ3n) is 3.92. The van der Waals surface area contributed by atoms with Crippen molar-refractivity contribution in [3.05, 3.63) is 17.5 Å². The van der Waals surface area contributed by atoms with Gasteiger partial charge in [-0.2, -0.15) is 5.10 Å². The monoisotopic (exact) mass is 309 g/mol. The average Bonchev–Trinajstić information content (AvgIpc) is 3.09. The second-order valence-electron chi connectivity index (χ2n) is 5.81. The summed E-state index contributed by atoms with van der Waals surface area (Å²) >= 11 is 0. The van der Waals surface area contributed by atoms with Gasteiger partial charge in [0.15, 0.2) is 0 Å². The van der Waals surface area contributed by atoms with E-state index in [1.807, 2.05) is 20.8 Å². The summed E-state index contributed by atoms with van der Waals surface area (Å²) in [5, 5.41) is 14.2. The molecule has 1 aromatic rings. The Labute approximate surface area is 129 Å². The van der Waals surface area contributed by atoms with Gasteiger partial charge in [0.2, 0.25) is 0 Å². The smallest absolute Gasteiger partial charge is 0.328 e. The molecule has 1 aromatic heterocycles. The third-order valence-corrected chi connectivity index (χ3v) is 3.92. The van der Waals surface area contributed by atoms with E-state index in [0.717, 1.165) is 5.69 Å². The Morgan fingerprint density at radius 2 is 2.18 bits per heavy atom. The lowest BCUT2D eigenvalue weighted by atomic mass is 10.1. The first kappa shape index (κ1) is 16.5. The predicted molar refractivity (Wildman–Crippen MR) is 79.5 cm³/mol. The van der Waals surface area contributed by atoms with Crippen LogP contribution in [-0.2, 0) is 16.1 Å². The molecule has 0 aliphatic carbocycles. The number of aliphatic hydroxyl groups excluding tert-OH is 1. The number of methoxy groups -OCH3 is 1. The fraction of sp³-hybridized carbons (Fsp3) is 0.667. The van der Waals surface area contributed by atoms with Gasteiger partial charge in [-0.15, -0.1) is 0 Å². The van der Waals surface area contributed by atoms with E-state index < -0.39 is 18.1 Å². The highest BCUT2D eigenvalue weighted by Crippen LogP contribution is 2.23. The van der Waals surface area contributed by atoms with Gasteiger partial charge in [0.25, 0.3) is 5.91 Å². The Kier molecular flexibility index (Phi) is 4.85. The number of hydrogen-bond donors (Lipinski definition) is 1. The van der Waals surface area contributed by atoms with Crippen molar-refractivity contribution in [2.45, 2.75) is 51.8 Å². The zero-order valence-electron chi connectivity index (χ0n) is 13.4. The number of aliphatic hydroxyl groups is 1. The molecule has 1 saturated heterocycles. The molecule has 7 nitrogen and oxygen atoms in total. The van der Waals surface area contributed by atoms with Gasteiger partial charge >= 0.3 is 5.97 Å². The summed E-state index contributed by atoms with van der Waals surface area (Å²) in [6.45, 7) is 6.61. The number of amides is 1. The second-order valence-corrected chi connectivity index (χ2v) is 5.81. The van der Waals surface area contributed by atoms with Crippen LogP contribution >= 0.6 is 0 Å². The highest BCUT2D eigenvalue weighted by atomic mass is 16.5. The maximum atomic E-state index is 12.8. The highest BCUT2D eigenvalue weighted by molar-refractivity contribution is 5.96. The number of ether oxygens (including phenoxy) is 1. The van der Waals surface area contributed by atoms with Gasteiger partial charge in [0, 0.05) is 19.5 Å². The Balaban J connectivity index is 2.32. The molecule has 0 spiro atoms. The highest BCUT2D eigenvalue weighted by Gasteiger charge is 2.40. The Morgan fingerprint density at radius 1 is 1.50 bits per heavy atom. The van der Waals surface area contributed by atoms with E-state index in [4.69, 9.17) is 4.74 Å². The van der Waals surface area contributed by atoms with Crippen molar-refractivity contribution in [3.63, 3.8) is 0 Å². The van der Waals surface area contributed by atoms with E-state index in [-0.39, 0.29) is 24.8 Å². The zero-order chi connectivity index (χ0) is 16.4. The summed E-state index contributed by atoms with van der Waals surface area (Å²) in [5.74, 6) is -0.593. The molecule has 1 aliphatic heterocycles. The molecule has 0 bridgehead atoms. The Morgan fingerprint density at radius 3 is 2.73 bits per heavy atom. The van der Waals surface area contributed by atoms with Crippen LogP contribution in [0.5, 0.6) is 0 Å². The molecule has 7 heteroatoms. The number of nitrogens with zero attached hydrogens (tertiary/aromatic N) is 3. The van der Waals surface area contributed by atoms with Crippen molar-refractivity contribution in [1.82, 2.24) is 14.7 Å². The number of hydrogen-bond acceptors (Lipinski definition) is 5. The molecule has 2 rings (SSSR count). The summed E-state index contributed by atoms with van der Waals surface area (Å²) in [6.07, 6.45) is -0.508. The second kappa shape index (κ2) is 6.48. The summed E-state index contributed by atoms with van der Waals surface area (Å²) in [7, 11) is 1.28. The molecule has 122 valence electrons. The van der Waals surface area contributed by atoms with Crippen molar-refractivity contribution in [2.75, 3.05) is 13.7 Å². The number of esters is 1. The first-order valence-electron chi connectivity index (χ1n) is 7.53. The van der Waals surface area contributed by atoms with Gasteiger partial charge in [0.05, 0.1) is 18.9 Å². The maximum Gasteiger partial charge on any atom is 0.328 e. The van der Waals surface area contributed by atoms with Crippen molar-refractivity contribution in [3.8, 4) is 0 Å². The van der Waals surface area contributed by atoms with Gasteiger partial charge in [-0.25, -0.2) is 4.79 Å². The van der Waals surface area contributed by atoms with Crippen LogP contribution in [0.2, 0.25) is 0 Å². The number of carbonyl (C=O) groups is 2. The lowest BCUT2D eigenvalue weighted by Gasteiger charge is -2.22. The molecule has 1 N–H and O–H groups in total. The molecule has 0 unspecified atom stereocenters. The minimum Gasteiger partial charge on any atom is -0.467 e. The zero-order valence-corrected chi connectivity index (χ0v) is 13.4. The quantitative estimate of drug-likeness (QED) is 0.831. The molecule has 22 heavy (non-hydrogen) atoms. The van der Waals surface area contributed by atoms with Gasteiger partial charge in [0.1, 0.15) is 11.7 Å². The molecule has 1 aliphatic rings. The van der Waals surface area contributed by atoms with Crippen LogP contribution in [0.4, 0.5) is 0 Å². The standard InChI is InChI=1S/C15H23N3O4/c1-5-18-12(7-11(16-18)9(2)3)14(20)17-8-10(19)6-13(17)15(21)22-4/h7,9-10,13,19H,5-6,8H2,1-4H3/t10-,13+/m1/s1. The van der Waals surface area contributed by atoms with E-state index in [0.29, 0.717) is 12.2 Å². The van der Waals surface area contributed by atoms with Crippen molar-refractivity contribution >= 4 is 11.9 Å². The summed E-state index contributed by atoms with van der Waals surface area (Å²) < 4.78 is 6.37. The first-order valence-corrected chi connectivity index (χ1v) is 7.53. The molecule has 0 radical (unpaired) electrons. The van der Waals surface area contributed by atoms with Gasteiger partial charge < -0.3 is 14.7 Å². The van der Waals surface area contributed by atoms with E-state index >= 15 is 0 Å². The van der Waals surface area contributed by atoms with Gasteiger partial charge in [-0.05, 0) is 18.9 Å². The largest absolute Gasteiger partial charge is 0.467 e. The molecule has 1 fully saturated rings. The van der Waals surface area contributed by atoms with Crippen molar-refractivity contribution in [1.29, 1.82) is 0 Å². The molecular formula is C15H23N3O4. The van der Waals surface area contributed by atoms with Crippen LogP contribution in [-0.4, -0.2) is 57.5 Å². The van der Waals surface area contributed by atoms with E-state index in [1.165, 1.54) is 12.0 Å². The van der Waals surface area contributed by atoms with Crippen LogP contribution in [0, 0.1) is 0 Å². The molecule has 0 saturated carbocycles. The summed E-state index contributed by atoms with van der Waals surface area (Å²) in [4.78, 5) is 26.0. The molecule has 0 aromatic carbocycles. The summed E-state index contributed by atoms with van der Waals surface area (Å²) in [5.41, 5.74) is 1.27. The molecule has 2 atom stereocenters. The fourth-order valence-electron chi connectivity index (χ4n) is 2.68. The van der Waals surface area contributed by atoms with Crippen molar-refractivity contribution in [2.24, 2.45) is 0 Å². The molecular weight excluding hydrogens is 286 g/mol. The van der Waals surface area contributed by atoms with E-state index in [1.54, 1.807) is 10.7 Å². The van der Waals surface area contributed by atoms with Crippen LogP contribution in [0.1, 0.15) is 49.3 Å². The lowest BCUT2D eigenvalue weighted by Crippen LogP contribution is -2.42. The normalized spacial score (nSPS) is 21.5. The van der Waals surface area contributed by atoms with E-state index in [2.05, 4.69) is 5.10 Å². The molecule has 2 heterocycles. The van der Waals surface area contributed by atoms with Crippen LogP contribution < -0.4 is 0 Å². The minimum atomic E-state index is -0.741. The average molecular weight is 309 g/mol. The number of likely N-dealkylation sites (tertiary alicyclic amines) is 1.